The average molecular weight is 470 g/mol. The lowest BCUT2D eigenvalue weighted by Gasteiger charge is -2.51. The molecule has 0 N–H and O–H groups in total. The van der Waals surface area contributed by atoms with E-state index < -0.39 is 0 Å². The smallest absolute Gasteiger partial charge is 0.123 e. The van der Waals surface area contributed by atoms with E-state index in [0.29, 0.717) is 12.0 Å². The van der Waals surface area contributed by atoms with Crippen LogP contribution in [0.1, 0.15) is 80.5 Å². The van der Waals surface area contributed by atoms with Gasteiger partial charge in [0.15, 0.2) is 0 Å². The number of ether oxygens (including phenoxy) is 1. The van der Waals surface area contributed by atoms with E-state index in [1.807, 2.05) is 12.7 Å². The average Bonchev–Trinajstić information content (AvgIpc) is 3.53. The minimum absolute atomic E-state index is 0.499. The van der Waals surface area contributed by atoms with Crippen LogP contribution in [0.15, 0.2) is 55.1 Å². The summed E-state index contributed by atoms with van der Waals surface area (Å²) in [5, 5.41) is 7.99. The Morgan fingerprint density at radius 1 is 1.03 bits per heavy atom. The molecule has 184 valence electrons. The third-order valence-corrected chi connectivity index (χ3v) is 9.92. The fraction of sp³-hybridized carbons (Fsp3) is 0.548. The Morgan fingerprint density at radius 2 is 1.86 bits per heavy atom. The number of nitrogens with zero attached hydrogens (tertiary/aromatic N) is 3. The van der Waals surface area contributed by atoms with Crippen molar-refractivity contribution in [3.63, 3.8) is 0 Å². The number of aromatic nitrogens is 3. The van der Waals surface area contributed by atoms with E-state index in [-0.39, 0.29) is 0 Å². The number of hydrogen-bond donors (Lipinski definition) is 0. The highest BCUT2D eigenvalue weighted by atomic mass is 16.5. The van der Waals surface area contributed by atoms with Gasteiger partial charge in [-0.1, -0.05) is 50.2 Å². The molecule has 2 fully saturated rings. The summed E-state index contributed by atoms with van der Waals surface area (Å²) >= 11 is 0. The summed E-state index contributed by atoms with van der Waals surface area (Å²) in [5.41, 5.74) is 6.32. The molecule has 3 aliphatic rings. The van der Waals surface area contributed by atoms with Crippen LogP contribution in [0.4, 0.5) is 0 Å². The summed E-state index contributed by atoms with van der Waals surface area (Å²) in [4.78, 5) is 0. The van der Waals surface area contributed by atoms with E-state index in [2.05, 4.69) is 71.1 Å². The fourth-order valence-corrected chi connectivity index (χ4v) is 8.02. The first kappa shape index (κ1) is 22.8. The molecule has 2 saturated carbocycles. The van der Waals surface area contributed by atoms with Gasteiger partial charge in [0.2, 0.25) is 0 Å². The lowest BCUT2D eigenvalue weighted by molar-refractivity contribution is 0.0246. The van der Waals surface area contributed by atoms with E-state index in [4.69, 9.17) is 4.74 Å². The summed E-state index contributed by atoms with van der Waals surface area (Å²) in [6.45, 7) is 6.61. The summed E-state index contributed by atoms with van der Waals surface area (Å²) in [6.07, 6.45) is 14.1. The molecular weight excluding hydrogens is 430 g/mol. The minimum atomic E-state index is 0.499. The molecule has 0 bridgehead atoms. The van der Waals surface area contributed by atoms with Gasteiger partial charge in [-0.3, -0.25) is 0 Å². The van der Waals surface area contributed by atoms with Gasteiger partial charge in [-0.25, -0.2) is 0 Å². The molecule has 3 unspecified atom stereocenters. The molecule has 3 aliphatic carbocycles. The zero-order valence-corrected chi connectivity index (χ0v) is 21.3. The number of aryl methyl sites for hydroxylation is 3. The predicted octanol–water partition coefficient (Wildman–Crippen LogP) is 6.98. The van der Waals surface area contributed by atoms with Crippen LogP contribution in [-0.2, 0) is 26.0 Å². The van der Waals surface area contributed by atoms with Crippen LogP contribution in [0.25, 0.3) is 0 Å². The Bertz CT molecular complexity index is 1140. The van der Waals surface area contributed by atoms with Crippen LogP contribution in [0, 0.1) is 23.2 Å². The summed E-state index contributed by atoms with van der Waals surface area (Å²) < 4.78 is 8.52. The molecule has 2 aromatic carbocycles. The van der Waals surface area contributed by atoms with Crippen molar-refractivity contribution < 1.29 is 4.74 Å². The number of fused-ring (bicyclic) bond motifs is 5. The molecule has 0 radical (unpaired) electrons. The van der Waals surface area contributed by atoms with Crippen molar-refractivity contribution in [2.24, 2.45) is 23.2 Å². The standard InChI is InChI=1S/C31H39N3O/c1-3-23-17-28-24(18-30(23)35-19-22-7-5-4-6-8-22)9-11-27-26(28)13-15-31(2)25(10-12-29(27)31)14-16-34-20-32-33-21-34/h4-8,17-18,20-21,25-27,29H,3,9-16,19H2,1-2H3/t25-,26?,27?,29?,31-/m1/s1. The monoisotopic (exact) mass is 469 g/mol. The zero-order valence-electron chi connectivity index (χ0n) is 21.3. The van der Waals surface area contributed by atoms with Crippen LogP contribution in [0.3, 0.4) is 0 Å². The van der Waals surface area contributed by atoms with Crippen LogP contribution < -0.4 is 4.74 Å². The normalized spacial score (nSPS) is 29.3. The molecule has 0 saturated heterocycles. The molecule has 6 rings (SSSR count). The fourth-order valence-electron chi connectivity index (χ4n) is 8.02. The quantitative estimate of drug-likeness (QED) is 0.375. The number of hydrogen-bond acceptors (Lipinski definition) is 3. The van der Waals surface area contributed by atoms with Crippen molar-refractivity contribution in [1.29, 1.82) is 0 Å². The second-order valence-corrected chi connectivity index (χ2v) is 11.5. The van der Waals surface area contributed by atoms with Gasteiger partial charge in [0.05, 0.1) is 0 Å². The molecular formula is C31H39N3O. The lowest BCUT2D eigenvalue weighted by Crippen LogP contribution is -2.42. The summed E-state index contributed by atoms with van der Waals surface area (Å²) in [7, 11) is 0. The van der Waals surface area contributed by atoms with Gasteiger partial charge in [0.1, 0.15) is 25.0 Å². The molecule has 5 atom stereocenters. The van der Waals surface area contributed by atoms with E-state index in [0.717, 1.165) is 42.4 Å². The molecule has 1 aromatic heterocycles. The Kier molecular flexibility index (Phi) is 6.16. The Morgan fingerprint density at radius 3 is 2.66 bits per heavy atom. The van der Waals surface area contributed by atoms with Crippen LogP contribution in [0.5, 0.6) is 5.75 Å². The maximum atomic E-state index is 6.36. The van der Waals surface area contributed by atoms with Gasteiger partial charge in [-0.05, 0) is 109 Å². The van der Waals surface area contributed by atoms with Crippen molar-refractivity contribution in [2.45, 2.75) is 84.3 Å². The number of benzene rings is 2. The topological polar surface area (TPSA) is 39.9 Å². The van der Waals surface area contributed by atoms with Gasteiger partial charge in [0, 0.05) is 6.54 Å². The molecule has 35 heavy (non-hydrogen) atoms. The largest absolute Gasteiger partial charge is 0.489 e. The SMILES string of the molecule is CCc1cc2c(cc1OCc1ccccc1)CCC1C2CC[C@@]2(C)C1CC[C@@H]2CCn1cnnc1. The summed E-state index contributed by atoms with van der Waals surface area (Å²) in [6, 6.07) is 15.5. The zero-order chi connectivity index (χ0) is 23.8. The van der Waals surface area contributed by atoms with Gasteiger partial charge < -0.3 is 9.30 Å². The van der Waals surface area contributed by atoms with Gasteiger partial charge in [0.25, 0.3) is 0 Å². The molecule has 4 heteroatoms. The Hall–Kier alpha value is -2.62. The van der Waals surface area contributed by atoms with Crippen LogP contribution in [-0.4, -0.2) is 14.8 Å². The second-order valence-electron chi connectivity index (χ2n) is 11.5. The molecule has 1 heterocycles. The van der Waals surface area contributed by atoms with Crippen molar-refractivity contribution in [3.05, 3.63) is 77.4 Å². The highest BCUT2D eigenvalue weighted by Gasteiger charge is 2.54. The highest BCUT2D eigenvalue weighted by molar-refractivity contribution is 5.46. The second kappa shape index (κ2) is 9.44. The lowest BCUT2D eigenvalue weighted by atomic mass is 9.54. The van der Waals surface area contributed by atoms with Crippen LogP contribution >= 0.6 is 0 Å². The van der Waals surface area contributed by atoms with Gasteiger partial charge in [-0.15, -0.1) is 10.2 Å². The van der Waals surface area contributed by atoms with E-state index in [1.165, 1.54) is 56.1 Å². The van der Waals surface area contributed by atoms with E-state index >= 15 is 0 Å². The van der Waals surface area contributed by atoms with Crippen molar-refractivity contribution in [1.82, 2.24) is 14.8 Å². The molecule has 0 spiro atoms. The first-order valence-corrected chi connectivity index (χ1v) is 13.8. The van der Waals surface area contributed by atoms with Gasteiger partial charge >= 0.3 is 0 Å². The molecule has 4 nitrogen and oxygen atoms in total. The maximum absolute atomic E-state index is 6.36. The van der Waals surface area contributed by atoms with Gasteiger partial charge in [-0.2, -0.15) is 0 Å². The van der Waals surface area contributed by atoms with Crippen LogP contribution in [0.2, 0.25) is 0 Å². The minimum Gasteiger partial charge on any atom is -0.489 e. The first-order valence-electron chi connectivity index (χ1n) is 13.8. The Balaban J connectivity index is 1.19. The third kappa shape index (κ3) is 4.19. The predicted molar refractivity (Wildman–Crippen MR) is 139 cm³/mol. The summed E-state index contributed by atoms with van der Waals surface area (Å²) in [5.74, 6) is 4.39. The number of rotatable bonds is 7. The van der Waals surface area contributed by atoms with E-state index in [1.54, 1.807) is 11.1 Å². The maximum Gasteiger partial charge on any atom is 0.123 e. The molecule has 0 amide bonds. The molecule has 0 aliphatic heterocycles. The molecule has 3 aromatic rings. The van der Waals surface area contributed by atoms with Crippen molar-refractivity contribution in [2.75, 3.05) is 0 Å². The van der Waals surface area contributed by atoms with E-state index in [9.17, 15) is 0 Å². The third-order valence-electron chi connectivity index (χ3n) is 9.92. The van der Waals surface area contributed by atoms with Crippen molar-refractivity contribution >= 4 is 0 Å². The Labute approximate surface area is 210 Å². The highest BCUT2D eigenvalue weighted by Crippen LogP contribution is 2.63. The van der Waals surface area contributed by atoms with Crippen molar-refractivity contribution in [3.8, 4) is 5.75 Å². The first-order chi connectivity index (χ1) is 17.2.